The zero-order valence-corrected chi connectivity index (χ0v) is 11.9. The molecule has 0 amide bonds. The Balaban J connectivity index is 2.15. The fourth-order valence-corrected chi connectivity index (χ4v) is 2.83. The predicted molar refractivity (Wildman–Crippen MR) is 77.2 cm³/mol. The number of hydrogen-bond donors (Lipinski definition) is 2. The van der Waals surface area contributed by atoms with Crippen molar-refractivity contribution in [2.45, 2.75) is 45.1 Å². The molecule has 21 heavy (non-hydrogen) atoms. The van der Waals surface area contributed by atoms with Crippen LogP contribution in [0.15, 0.2) is 12.3 Å². The minimum atomic E-state index is -0.903. The third-order valence-corrected chi connectivity index (χ3v) is 3.97. The van der Waals surface area contributed by atoms with Crippen molar-refractivity contribution in [3.05, 3.63) is 27.9 Å². The molecule has 1 aliphatic carbocycles. The van der Waals surface area contributed by atoms with Crippen molar-refractivity contribution in [3.63, 3.8) is 0 Å². The number of aryl methyl sites for hydroxylation is 1. The number of carboxylic acid groups (broad SMARTS) is 1. The molecule has 7 heteroatoms. The first-order valence-electron chi connectivity index (χ1n) is 7.09. The fraction of sp³-hybridized carbons (Fsp3) is 0.571. The third kappa shape index (κ3) is 3.68. The Morgan fingerprint density at radius 1 is 1.48 bits per heavy atom. The summed E-state index contributed by atoms with van der Waals surface area (Å²) in [6.45, 7) is 1.61. The van der Waals surface area contributed by atoms with Crippen LogP contribution in [0.2, 0.25) is 0 Å². The highest BCUT2D eigenvalue weighted by Crippen LogP contribution is 2.28. The van der Waals surface area contributed by atoms with E-state index in [0.29, 0.717) is 11.4 Å². The van der Waals surface area contributed by atoms with Gasteiger partial charge in [0.2, 0.25) is 0 Å². The van der Waals surface area contributed by atoms with Gasteiger partial charge in [-0.1, -0.05) is 19.3 Å². The van der Waals surface area contributed by atoms with Crippen molar-refractivity contribution in [2.24, 2.45) is 5.92 Å². The number of aliphatic carboxylic acids is 1. The molecule has 0 radical (unpaired) electrons. The van der Waals surface area contributed by atoms with Crippen molar-refractivity contribution in [2.75, 3.05) is 5.32 Å². The maximum atomic E-state index is 11.5. The van der Waals surface area contributed by atoms with Crippen LogP contribution in [0.25, 0.3) is 0 Å². The van der Waals surface area contributed by atoms with Gasteiger partial charge in [0, 0.05) is 5.56 Å². The van der Waals surface area contributed by atoms with Crippen LogP contribution in [0.4, 0.5) is 11.5 Å². The SMILES string of the molecule is Cc1cc(NC(C(=O)O)C2CCCCC2)ncc1[N+](=O)[O-]. The van der Waals surface area contributed by atoms with E-state index in [1.165, 1.54) is 6.07 Å². The van der Waals surface area contributed by atoms with Crippen LogP contribution in [-0.2, 0) is 4.79 Å². The molecule has 1 fully saturated rings. The van der Waals surface area contributed by atoms with E-state index in [4.69, 9.17) is 0 Å². The number of nitrogens with one attached hydrogen (secondary N) is 1. The number of rotatable bonds is 5. The Hall–Kier alpha value is -2.18. The van der Waals surface area contributed by atoms with E-state index < -0.39 is 16.9 Å². The molecular weight excluding hydrogens is 274 g/mol. The number of anilines is 1. The van der Waals surface area contributed by atoms with Gasteiger partial charge in [0.05, 0.1) is 4.92 Å². The lowest BCUT2D eigenvalue weighted by atomic mass is 9.84. The van der Waals surface area contributed by atoms with Gasteiger partial charge in [-0.3, -0.25) is 10.1 Å². The molecule has 0 bridgehead atoms. The minimum absolute atomic E-state index is 0.0647. The second-order valence-electron chi connectivity index (χ2n) is 5.47. The number of pyridine rings is 1. The number of nitrogens with zero attached hydrogens (tertiary/aromatic N) is 2. The quantitative estimate of drug-likeness (QED) is 0.638. The van der Waals surface area contributed by atoms with Gasteiger partial charge in [0.25, 0.3) is 5.69 Å². The largest absolute Gasteiger partial charge is 0.480 e. The first-order chi connectivity index (χ1) is 9.99. The highest BCUT2D eigenvalue weighted by atomic mass is 16.6. The molecule has 1 atom stereocenters. The van der Waals surface area contributed by atoms with Crippen LogP contribution in [0.3, 0.4) is 0 Å². The molecule has 0 spiro atoms. The summed E-state index contributed by atoms with van der Waals surface area (Å²) in [5.74, 6) is -0.454. The van der Waals surface area contributed by atoms with Crippen molar-refractivity contribution in [1.82, 2.24) is 4.98 Å². The molecule has 1 aromatic heterocycles. The van der Waals surface area contributed by atoms with Crippen LogP contribution < -0.4 is 5.32 Å². The van der Waals surface area contributed by atoms with Crippen LogP contribution in [0.1, 0.15) is 37.7 Å². The van der Waals surface area contributed by atoms with Crippen LogP contribution in [-0.4, -0.2) is 27.0 Å². The number of hydrogen-bond acceptors (Lipinski definition) is 5. The zero-order chi connectivity index (χ0) is 15.4. The monoisotopic (exact) mass is 293 g/mol. The lowest BCUT2D eigenvalue weighted by Gasteiger charge is -2.28. The van der Waals surface area contributed by atoms with E-state index in [0.717, 1.165) is 38.3 Å². The maximum Gasteiger partial charge on any atom is 0.326 e. The molecule has 2 N–H and O–H groups in total. The van der Waals surface area contributed by atoms with Gasteiger partial charge in [-0.15, -0.1) is 0 Å². The van der Waals surface area contributed by atoms with E-state index in [9.17, 15) is 20.0 Å². The highest BCUT2D eigenvalue weighted by molar-refractivity contribution is 5.77. The second-order valence-corrected chi connectivity index (χ2v) is 5.47. The maximum absolute atomic E-state index is 11.5. The van der Waals surface area contributed by atoms with Gasteiger partial charge >= 0.3 is 5.97 Å². The Morgan fingerprint density at radius 3 is 2.67 bits per heavy atom. The van der Waals surface area contributed by atoms with Gasteiger partial charge in [0.1, 0.15) is 18.1 Å². The summed E-state index contributed by atoms with van der Waals surface area (Å²) in [5.41, 5.74) is 0.398. The standard InChI is InChI=1S/C14H19N3O4/c1-9-7-12(15-8-11(9)17(20)21)16-13(14(18)19)10-5-3-2-4-6-10/h7-8,10,13H,2-6H2,1H3,(H,15,16)(H,18,19). The molecule has 1 aliphatic rings. The van der Waals surface area contributed by atoms with Crippen molar-refractivity contribution in [3.8, 4) is 0 Å². The van der Waals surface area contributed by atoms with Crippen LogP contribution in [0.5, 0.6) is 0 Å². The number of carboxylic acids is 1. The topological polar surface area (TPSA) is 105 Å². The Labute approximate surface area is 122 Å². The normalized spacial score (nSPS) is 17.2. The summed E-state index contributed by atoms with van der Waals surface area (Å²) in [6, 6.07) is 0.829. The van der Waals surface area contributed by atoms with Gasteiger partial charge in [0.15, 0.2) is 0 Å². The Morgan fingerprint density at radius 2 is 2.14 bits per heavy atom. The summed E-state index contributed by atoms with van der Waals surface area (Å²) in [5, 5.41) is 23.1. The third-order valence-electron chi connectivity index (χ3n) is 3.97. The number of carbonyl (C=O) groups is 1. The van der Waals surface area contributed by atoms with Crippen molar-refractivity contribution in [1.29, 1.82) is 0 Å². The molecule has 1 unspecified atom stereocenters. The molecule has 1 saturated carbocycles. The first kappa shape index (κ1) is 15.2. The molecule has 0 saturated heterocycles. The lowest BCUT2D eigenvalue weighted by Crippen LogP contribution is -2.38. The smallest absolute Gasteiger partial charge is 0.326 e. The average molecular weight is 293 g/mol. The van der Waals surface area contributed by atoms with Gasteiger partial charge in [-0.05, 0) is 31.7 Å². The molecule has 114 valence electrons. The van der Waals surface area contributed by atoms with Crippen molar-refractivity contribution < 1.29 is 14.8 Å². The van der Waals surface area contributed by atoms with Gasteiger partial charge in [-0.25, -0.2) is 9.78 Å². The molecule has 2 rings (SSSR count). The highest BCUT2D eigenvalue weighted by Gasteiger charge is 2.29. The van der Waals surface area contributed by atoms with E-state index >= 15 is 0 Å². The minimum Gasteiger partial charge on any atom is -0.480 e. The van der Waals surface area contributed by atoms with Crippen LogP contribution in [0, 0.1) is 23.0 Å². The first-order valence-corrected chi connectivity index (χ1v) is 7.09. The fourth-order valence-electron chi connectivity index (χ4n) is 2.83. The molecule has 1 aromatic rings. The lowest BCUT2D eigenvalue weighted by molar-refractivity contribution is -0.385. The van der Waals surface area contributed by atoms with E-state index in [1.54, 1.807) is 6.92 Å². The summed E-state index contributed by atoms with van der Waals surface area (Å²) in [6.07, 6.45) is 6.17. The number of nitro groups is 1. The van der Waals surface area contributed by atoms with Crippen LogP contribution >= 0.6 is 0 Å². The molecule has 0 aromatic carbocycles. The molecule has 0 aliphatic heterocycles. The molecular formula is C14H19N3O4. The Kier molecular flexibility index (Phi) is 4.72. The summed E-state index contributed by atoms with van der Waals surface area (Å²) in [4.78, 5) is 25.7. The van der Waals surface area contributed by atoms with E-state index in [-0.39, 0.29) is 11.6 Å². The number of aromatic nitrogens is 1. The zero-order valence-electron chi connectivity index (χ0n) is 11.9. The van der Waals surface area contributed by atoms with E-state index in [2.05, 4.69) is 10.3 Å². The molecule has 1 heterocycles. The average Bonchev–Trinajstić information content (AvgIpc) is 2.45. The van der Waals surface area contributed by atoms with Gasteiger partial charge in [-0.2, -0.15) is 0 Å². The predicted octanol–water partition coefficient (Wildman–Crippen LogP) is 2.74. The van der Waals surface area contributed by atoms with Crippen molar-refractivity contribution >= 4 is 17.5 Å². The summed E-state index contributed by atoms with van der Waals surface area (Å²) in [7, 11) is 0. The molecule has 7 nitrogen and oxygen atoms in total. The Bertz CT molecular complexity index is 541. The van der Waals surface area contributed by atoms with Gasteiger partial charge < -0.3 is 10.4 Å². The summed E-state index contributed by atoms with van der Waals surface area (Å²) >= 11 is 0. The second kappa shape index (κ2) is 6.51. The summed E-state index contributed by atoms with van der Waals surface area (Å²) < 4.78 is 0. The van der Waals surface area contributed by atoms with E-state index in [1.807, 2.05) is 0 Å².